The molecule has 0 atom stereocenters. The molecule has 0 fully saturated rings. The minimum atomic E-state index is -8.00. The van der Waals surface area contributed by atoms with E-state index in [4.69, 9.17) is 17.0 Å². The summed E-state index contributed by atoms with van der Waals surface area (Å²) in [6.07, 6.45) is 0. The predicted molar refractivity (Wildman–Crippen MR) is 3.43 cm³/mol. The van der Waals surface area contributed by atoms with Gasteiger partial charge in [0.1, 0.15) is 0 Å². The van der Waals surface area contributed by atoms with Crippen LogP contribution in [0.1, 0.15) is 0 Å². The summed E-state index contributed by atoms with van der Waals surface area (Å²) in [5.41, 5.74) is 0. The van der Waals surface area contributed by atoms with Gasteiger partial charge in [0.15, 0.2) is 0 Å². The Morgan fingerprint density at radius 1 is 0.667 bits per heavy atom. The van der Waals surface area contributed by atoms with Crippen LogP contribution in [0.15, 0.2) is 0 Å². The molecule has 36 valence electrons. The van der Waals surface area contributed by atoms with Crippen molar-refractivity contribution in [3.63, 3.8) is 0 Å². The first-order valence-electron chi connectivity index (χ1n) is 0.833. The molecule has 0 aromatic heterocycles. The third kappa shape index (κ3) is 274. The Hall–Kier alpha value is -0.312. The van der Waals surface area contributed by atoms with Gasteiger partial charge in [-0.2, -0.15) is 0 Å². The Morgan fingerprint density at radius 3 is 0.667 bits per heavy atom. The molecule has 0 rings (SSSR count). The summed E-state index contributed by atoms with van der Waals surface area (Å²) in [4.78, 5) is 0. The standard InChI is InChI=1S/5O.W. The van der Waals surface area contributed by atoms with E-state index in [9.17, 15) is 0 Å². The summed E-state index contributed by atoms with van der Waals surface area (Å²) in [7, 11) is 0. The van der Waals surface area contributed by atoms with Gasteiger partial charge in [-0.05, 0) is 0 Å². The summed E-state index contributed by atoms with van der Waals surface area (Å²) in [5, 5.41) is 0. The van der Waals surface area contributed by atoms with Crippen LogP contribution >= 0.6 is 0 Å². The molecule has 0 saturated carbocycles. The zero-order valence-corrected chi connectivity index (χ0v) is 5.38. The van der Waals surface area contributed by atoms with Gasteiger partial charge in [0.25, 0.3) is 0 Å². The van der Waals surface area contributed by atoms with Gasteiger partial charge in [0, 0.05) is 0 Å². The summed E-state index contributed by atoms with van der Waals surface area (Å²) in [5.74, 6) is 0. The number of hydrogen-bond donors (Lipinski definition) is 0. The third-order valence-electron chi connectivity index (χ3n) is 0. The molecule has 0 aromatic rings. The topological polar surface area (TPSA) is 85.3 Å². The van der Waals surface area contributed by atoms with Gasteiger partial charge >= 0.3 is 31.6 Å². The molecule has 0 aliphatic rings. The van der Waals surface area contributed by atoms with E-state index in [0.29, 0.717) is 0 Å². The second kappa shape index (κ2) is 0.679. The molecule has 5 nitrogen and oxygen atoms in total. The van der Waals surface area contributed by atoms with Crippen molar-refractivity contribution in [3.05, 3.63) is 0 Å². The van der Waals surface area contributed by atoms with Crippen molar-refractivity contribution >= 4 is 0 Å². The molecule has 0 N–H and O–H groups in total. The van der Waals surface area contributed by atoms with E-state index in [1.165, 1.54) is 0 Å². The van der Waals surface area contributed by atoms with Gasteiger partial charge < -0.3 is 0 Å². The fourth-order valence-corrected chi connectivity index (χ4v) is 0. The zero-order chi connectivity index (χ0) is 5.45. The molecule has 0 radical (unpaired) electrons. The Morgan fingerprint density at radius 2 is 0.667 bits per heavy atom. The molecule has 0 aliphatic heterocycles. The van der Waals surface area contributed by atoms with Gasteiger partial charge in [0.05, 0.1) is 0 Å². The van der Waals surface area contributed by atoms with Crippen LogP contribution in [0, 0.1) is 0 Å². The van der Waals surface area contributed by atoms with E-state index in [-0.39, 0.29) is 0 Å². The van der Waals surface area contributed by atoms with Gasteiger partial charge in [0.2, 0.25) is 0 Å². The van der Waals surface area contributed by atoms with Gasteiger partial charge in [-0.25, -0.2) is 0 Å². The maximum absolute atomic E-state index is 8.67. The average molecular weight is 264 g/mol. The monoisotopic (exact) mass is 264 g/mol. The van der Waals surface area contributed by atoms with Crippen LogP contribution in [0.25, 0.3) is 0 Å². The summed E-state index contributed by atoms with van der Waals surface area (Å²) < 4.78 is 43.3. The first-order chi connectivity index (χ1) is 2.24. The molecule has 0 unspecified atom stereocenters. The molecule has 0 saturated heterocycles. The normalized spacial score (nSPS) is 10.0. The molecular weight excluding hydrogens is 264 g/mol. The van der Waals surface area contributed by atoms with E-state index in [1.54, 1.807) is 0 Å². The molecule has 0 heterocycles. The van der Waals surface area contributed by atoms with Crippen LogP contribution in [-0.2, 0) is 31.6 Å². The molecular formula is O5W. The van der Waals surface area contributed by atoms with E-state index >= 15 is 0 Å². The molecule has 0 bridgehead atoms. The molecule has 0 aromatic carbocycles. The van der Waals surface area contributed by atoms with Crippen molar-refractivity contribution in [3.8, 4) is 0 Å². The molecule has 0 amide bonds. The van der Waals surface area contributed by atoms with Crippen molar-refractivity contribution in [1.29, 1.82) is 0 Å². The van der Waals surface area contributed by atoms with Crippen LogP contribution < -0.4 is 0 Å². The van der Waals surface area contributed by atoms with E-state index in [0.717, 1.165) is 0 Å². The number of hydrogen-bond acceptors (Lipinski definition) is 5. The summed E-state index contributed by atoms with van der Waals surface area (Å²) in [6, 6.07) is 0. The van der Waals surface area contributed by atoms with Gasteiger partial charge in [-0.3, -0.25) is 0 Å². The fourth-order valence-electron chi connectivity index (χ4n) is 0. The van der Waals surface area contributed by atoms with E-state index < -0.39 is 14.6 Å². The molecule has 6 heteroatoms. The predicted octanol–water partition coefficient (Wildman–Crippen LogP) is -0.597. The fraction of sp³-hybridized carbons (Fsp3) is 0. The Bertz CT molecular complexity index is 274. The van der Waals surface area contributed by atoms with Crippen LogP contribution in [0.5, 0.6) is 0 Å². The first-order valence-corrected chi connectivity index (χ1v) is 6.82. The molecule has 0 spiro atoms. The Balaban J connectivity index is 7.45. The second-order valence-electron chi connectivity index (χ2n) is 0.680. The first kappa shape index (κ1) is 5.69. The van der Waals surface area contributed by atoms with Crippen molar-refractivity contribution in [2.45, 2.75) is 0 Å². The van der Waals surface area contributed by atoms with Crippen molar-refractivity contribution in [2.24, 2.45) is 0 Å². The van der Waals surface area contributed by atoms with Crippen LogP contribution in [0.3, 0.4) is 0 Å². The van der Waals surface area contributed by atoms with E-state index in [1.807, 2.05) is 0 Å². The minimum absolute atomic E-state index is 8.00. The van der Waals surface area contributed by atoms with Crippen LogP contribution in [0.2, 0.25) is 0 Å². The maximum atomic E-state index is 8.67. The quantitative estimate of drug-likeness (QED) is 0.583. The van der Waals surface area contributed by atoms with E-state index in [2.05, 4.69) is 0 Å². The number of rotatable bonds is 0. The van der Waals surface area contributed by atoms with Crippen LogP contribution in [0.4, 0.5) is 0 Å². The van der Waals surface area contributed by atoms with Gasteiger partial charge in [-0.1, -0.05) is 0 Å². The summed E-state index contributed by atoms with van der Waals surface area (Å²) in [6.45, 7) is 0. The Labute approximate surface area is 32.3 Å². The Kier molecular flexibility index (Phi) is 0.644. The third-order valence-corrected chi connectivity index (χ3v) is 0. The van der Waals surface area contributed by atoms with Crippen molar-refractivity contribution < 1.29 is 31.6 Å². The zero-order valence-electron chi connectivity index (χ0n) is 2.45. The average Bonchev–Trinajstić information content (AvgIpc) is 0.650. The SMILES string of the molecule is [O]=[W](=[O])(=[O])(=[O])=[O]. The molecule has 6 heavy (non-hydrogen) atoms. The van der Waals surface area contributed by atoms with Gasteiger partial charge in [-0.15, -0.1) is 0 Å². The second-order valence-corrected chi connectivity index (χ2v) is 5.57. The summed E-state index contributed by atoms with van der Waals surface area (Å²) >= 11 is -8.00. The van der Waals surface area contributed by atoms with Crippen molar-refractivity contribution in [1.82, 2.24) is 0 Å². The molecule has 0 aliphatic carbocycles. The van der Waals surface area contributed by atoms with Crippen molar-refractivity contribution in [2.75, 3.05) is 0 Å². The van der Waals surface area contributed by atoms with Crippen LogP contribution in [-0.4, -0.2) is 0 Å².